The summed E-state index contributed by atoms with van der Waals surface area (Å²) in [6.07, 6.45) is 6.69. The van der Waals surface area contributed by atoms with E-state index < -0.39 is 0 Å². The van der Waals surface area contributed by atoms with E-state index in [4.69, 9.17) is 4.74 Å². The topological polar surface area (TPSA) is 29.5 Å². The van der Waals surface area contributed by atoms with Crippen LogP contribution in [0.3, 0.4) is 0 Å². The summed E-state index contributed by atoms with van der Waals surface area (Å²) in [6, 6.07) is 16.2. The van der Waals surface area contributed by atoms with Crippen molar-refractivity contribution in [1.29, 1.82) is 0 Å². The average Bonchev–Trinajstić information content (AvgIpc) is 2.53. The van der Waals surface area contributed by atoms with Crippen molar-refractivity contribution in [2.24, 2.45) is 0 Å². The van der Waals surface area contributed by atoms with Crippen molar-refractivity contribution in [1.82, 2.24) is 0 Å². The normalized spacial score (nSPS) is 17.7. The lowest BCUT2D eigenvalue weighted by atomic mass is 9.89. The van der Waals surface area contributed by atoms with Gasteiger partial charge in [0.05, 0.1) is 6.10 Å². The van der Waals surface area contributed by atoms with Crippen molar-refractivity contribution >= 4 is 6.08 Å². The van der Waals surface area contributed by atoms with Gasteiger partial charge in [-0.15, -0.1) is 0 Å². The molecule has 0 saturated carbocycles. The number of aliphatic hydroxyl groups excluding tert-OH is 1. The molecule has 1 atom stereocenters. The lowest BCUT2D eigenvalue weighted by molar-refractivity contribution is 0.156. The van der Waals surface area contributed by atoms with E-state index in [1.807, 2.05) is 42.5 Å². The van der Waals surface area contributed by atoms with Crippen LogP contribution < -0.4 is 4.74 Å². The highest BCUT2D eigenvalue weighted by molar-refractivity contribution is 5.48. The molecule has 3 rings (SSSR count). The van der Waals surface area contributed by atoms with E-state index in [9.17, 15) is 5.11 Å². The molecule has 0 aliphatic heterocycles. The Bertz CT molecular complexity index is 617. The Labute approximate surface area is 125 Å². The largest absolute Gasteiger partial charge is 0.490 e. The Morgan fingerprint density at radius 3 is 2.86 bits per heavy atom. The lowest BCUT2D eigenvalue weighted by Crippen LogP contribution is -2.09. The monoisotopic (exact) mass is 280 g/mol. The fraction of sp³-hybridized carbons (Fsp3) is 0.263. The van der Waals surface area contributed by atoms with Crippen LogP contribution >= 0.6 is 0 Å². The number of ether oxygens (including phenoxy) is 1. The molecule has 0 spiro atoms. The van der Waals surface area contributed by atoms with Gasteiger partial charge in [0.25, 0.3) is 0 Å². The van der Waals surface area contributed by atoms with Crippen LogP contribution in [0.5, 0.6) is 5.75 Å². The van der Waals surface area contributed by atoms with Gasteiger partial charge in [-0.1, -0.05) is 42.5 Å². The molecule has 1 aliphatic rings. The summed E-state index contributed by atoms with van der Waals surface area (Å²) >= 11 is 0. The van der Waals surface area contributed by atoms with Gasteiger partial charge in [0.15, 0.2) is 0 Å². The summed E-state index contributed by atoms with van der Waals surface area (Å²) in [5.74, 6) is 0.826. The number of benzene rings is 2. The second kappa shape index (κ2) is 6.59. The number of fused-ring (bicyclic) bond motifs is 1. The molecular weight excluding hydrogens is 260 g/mol. The first kappa shape index (κ1) is 13.9. The molecule has 2 heteroatoms. The molecule has 2 nitrogen and oxygen atoms in total. The van der Waals surface area contributed by atoms with E-state index in [2.05, 4.69) is 18.2 Å². The van der Waals surface area contributed by atoms with Crippen LogP contribution in [0.1, 0.15) is 35.6 Å². The van der Waals surface area contributed by atoms with Crippen molar-refractivity contribution in [2.75, 3.05) is 6.61 Å². The maximum Gasteiger partial charge on any atom is 0.120 e. The van der Waals surface area contributed by atoms with E-state index in [0.717, 1.165) is 30.6 Å². The third-order valence-corrected chi connectivity index (χ3v) is 3.86. The van der Waals surface area contributed by atoms with Gasteiger partial charge in [0, 0.05) is 0 Å². The molecule has 21 heavy (non-hydrogen) atoms. The molecule has 0 aromatic heterocycles. The van der Waals surface area contributed by atoms with Gasteiger partial charge in [0.2, 0.25) is 0 Å². The van der Waals surface area contributed by atoms with Crippen molar-refractivity contribution in [2.45, 2.75) is 25.4 Å². The number of aryl methyl sites for hydroxylation is 1. The van der Waals surface area contributed by atoms with Gasteiger partial charge in [0.1, 0.15) is 12.4 Å². The fourth-order valence-electron chi connectivity index (χ4n) is 2.73. The van der Waals surface area contributed by atoms with Crippen molar-refractivity contribution in [3.63, 3.8) is 0 Å². The van der Waals surface area contributed by atoms with E-state index in [-0.39, 0.29) is 6.10 Å². The highest BCUT2D eigenvalue weighted by Gasteiger charge is 2.18. The van der Waals surface area contributed by atoms with E-state index >= 15 is 0 Å². The highest BCUT2D eigenvalue weighted by Crippen LogP contribution is 2.32. The number of rotatable bonds is 4. The van der Waals surface area contributed by atoms with Gasteiger partial charge in [-0.25, -0.2) is 0 Å². The van der Waals surface area contributed by atoms with Gasteiger partial charge < -0.3 is 9.84 Å². The predicted molar refractivity (Wildman–Crippen MR) is 85.3 cm³/mol. The molecule has 0 radical (unpaired) electrons. The van der Waals surface area contributed by atoms with Gasteiger partial charge in [-0.05, 0) is 54.2 Å². The van der Waals surface area contributed by atoms with Gasteiger partial charge in [-0.2, -0.15) is 0 Å². The Morgan fingerprint density at radius 2 is 2.00 bits per heavy atom. The summed E-state index contributed by atoms with van der Waals surface area (Å²) in [5, 5.41) is 10.0. The Hall–Kier alpha value is -2.06. The molecule has 108 valence electrons. The van der Waals surface area contributed by atoms with E-state index in [1.165, 1.54) is 11.1 Å². The minimum absolute atomic E-state index is 0.336. The average molecular weight is 280 g/mol. The third-order valence-electron chi connectivity index (χ3n) is 3.86. The summed E-state index contributed by atoms with van der Waals surface area (Å²) < 4.78 is 5.74. The van der Waals surface area contributed by atoms with Crippen molar-refractivity contribution < 1.29 is 9.84 Å². The zero-order chi connectivity index (χ0) is 14.5. The SMILES string of the molecule is OC1CCCc2ccc(OC/C=C/c3ccccc3)cc21. The zero-order valence-electron chi connectivity index (χ0n) is 12.0. The summed E-state index contributed by atoms with van der Waals surface area (Å²) in [6.45, 7) is 0.532. The molecule has 0 heterocycles. The smallest absolute Gasteiger partial charge is 0.120 e. The first-order valence-corrected chi connectivity index (χ1v) is 7.48. The van der Waals surface area contributed by atoms with Gasteiger partial charge in [-0.3, -0.25) is 0 Å². The minimum atomic E-state index is -0.336. The molecule has 1 aliphatic carbocycles. The van der Waals surface area contributed by atoms with Crippen molar-refractivity contribution in [3.8, 4) is 5.75 Å². The van der Waals surface area contributed by atoms with Crippen LogP contribution in [0.25, 0.3) is 6.08 Å². The van der Waals surface area contributed by atoms with Crippen LogP contribution in [0.4, 0.5) is 0 Å². The molecule has 0 fully saturated rings. The maximum atomic E-state index is 10.0. The standard InChI is InChI=1S/C19H20O2/c20-19-10-4-9-16-11-12-17(14-18(16)19)21-13-5-8-15-6-2-1-3-7-15/h1-3,5-8,11-12,14,19-20H,4,9-10,13H2/b8-5+. The number of hydrogen-bond donors (Lipinski definition) is 1. The van der Waals surface area contributed by atoms with Gasteiger partial charge >= 0.3 is 0 Å². The maximum absolute atomic E-state index is 10.0. The second-order valence-electron chi connectivity index (χ2n) is 5.39. The molecule has 2 aromatic carbocycles. The highest BCUT2D eigenvalue weighted by atomic mass is 16.5. The summed E-state index contributed by atoms with van der Waals surface area (Å²) in [4.78, 5) is 0. The Kier molecular flexibility index (Phi) is 4.37. The first-order valence-electron chi connectivity index (χ1n) is 7.48. The van der Waals surface area contributed by atoms with Crippen LogP contribution in [0.15, 0.2) is 54.6 Å². The molecule has 0 bridgehead atoms. The summed E-state index contributed by atoms with van der Waals surface area (Å²) in [7, 11) is 0. The number of aliphatic hydroxyl groups is 1. The van der Waals surface area contributed by atoms with E-state index in [1.54, 1.807) is 0 Å². The molecule has 2 aromatic rings. The quantitative estimate of drug-likeness (QED) is 0.911. The molecule has 1 unspecified atom stereocenters. The zero-order valence-corrected chi connectivity index (χ0v) is 12.0. The number of hydrogen-bond acceptors (Lipinski definition) is 2. The van der Waals surface area contributed by atoms with Crippen LogP contribution in [0, 0.1) is 0 Å². The van der Waals surface area contributed by atoms with Crippen LogP contribution in [-0.2, 0) is 6.42 Å². The van der Waals surface area contributed by atoms with Crippen LogP contribution in [-0.4, -0.2) is 11.7 Å². The minimum Gasteiger partial charge on any atom is -0.490 e. The lowest BCUT2D eigenvalue weighted by Gasteiger charge is -2.21. The second-order valence-corrected chi connectivity index (χ2v) is 5.39. The molecule has 1 N–H and O–H groups in total. The Balaban J connectivity index is 1.61. The third kappa shape index (κ3) is 3.53. The van der Waals surface area contributed by atoms with Crippen molar-refractivity contribution in [3.05, 3.63) is 71.3 Å². The van der Waals surface area contributed by atoms with Crippen LogP contribution in [0.2, 0.25) is 0 Å². The first-order chi connectivity index (χ1) is 10.3. The molecule has 0 amide bonds. The predicted octanol–water partition coefficient (Wildman–Crippen LogP) is 4.15. The Morgan fingerprint density at radius 1 is 1.14 bits per heavy atom. The summed E-state index contributed by atoms with van der Waals surface area (Å²) in [5.41, 5.74) is 3.45. The van der Waals surface area contributed by atoms with E-state index in [0.29, 0.717) is 6.61 Å². The molecule has 0 saturated heterocycles. The molecular formula is C19H20O2. The fourth-order valence-corrected chi connectivity index (χ4v) is 2.73.